The molecule has 66 heavy (non-hydrogen) atoms. The molecule has 3 N–H and O–H groups in total. The van der Waals surface area contributed by atoms with E-state index in [2.05, 4.69) is 28.3 Å². The van der Waals surface area contributed by atoms with Crippen LogP contribution in [0.2, 0.25) is 0 Å². The Hall–Kier alpha value is -5.52. The van der Waals surface area contributed by atoms with Gasteiger partial charge in [-0.2, -0.15) is 13.2 Å². The number of pyridine rings is 1. The van der Waals surface area contributed by atoms with Gasteiger partial charge in [0.15, 0.2) is 6.10 Å². The number of methoxy groups -OCH3 is 1. The van der Waals surface area contributed by atoms with Gasteiger partial charge in [-0.1, -0.05) is 39.8 Å². The van der Waals surface area contributed by atoms with Gasteiger partial charge in [-0.25, -0.2) is 5.43 Å². The minimum Gasteiger partial charge on any atom is -0.508 e. The van der Waals surface area contributed by atoms with E-state index in [0.717, 1.165) is 43.9 Å². The highest BCUT2D eigenvalue weighted by molar-refractivity contribution is 5.96. The van der Waals surface area contributed by atoms with Gasteiger partial charge < -0.3 is 34.1 Å². The van der Waals surface area contributed by atoms with E-state index < -0.39 is 71.5 Å². The topological polar surface area (TPSA) is 165 Å². The highest BCUT2D eigenvalue weighted by Gasteiger charge is 2.48. The van der Waals surface area contributed by atoms with Crippen LogP contribution in [0.3, 0.4) is 0 Å². The van der Waals surface area contributed by atoms with Crippen LogP contribution in [0.5, 0.6) is 5.75 Å². The number of phenols is 1. The quantitative estimate of drug-likeness (QED) is 0.148. The normalized spacial score (nSPS) is 22.5. The number of esters is 1. The predicted molar refractivity (Wildman–Crippen MR) is 241 cm³/mol. The molecule has 7 rings (SSSR count). The SMILES string of the molecule is CCn1c(-c2cccnc2[C@H](C)OC)c2c3cc(ccc31)-c1cc(O)cc(c1)C[C@H](NC(=O)[C@H](C(C)C)N(C)C(=O)C1CCC(C(F)(F)F)O1)C(=O)N1CCC[C@H](N1)C(=O)OCC(C)(C)C2. The average molecular weight is 919 g/mol. The van der Waals surface area contributed by atoms with E-state index in [1.165, 1.54) is 18.1 Å². The highest BCUT2D eigenvalue weighted by atomic mass is 19.4. The molecular formula is C49H61F3N6O8. The van der Waals surface area contributed by atoms with Gasteiger partial charge in [-0.3, -0.25) is 29.2 Å². The molecule has 0 radical (unpaired) electrons. The average Bonchev–Trinajstić information content (AvgIpc) is 3.90. The summed E-state index contributed by atoms with van der Waals surface area (Å²) in [6, 6.07) is 11.7. The number of aromatic hydroxyl groups is 1. The number of alkyl halides is 3. The van der Waals surface area contributed by atoms with Gasteiger partial charge in [0.25, 0.3) is 11.8 Å². The smallest absolute Gasteiger partial charge is 0.414 e. The van der Waals surface area contributed by atoms with Gasteiger partial charge in [0.05, 0.1) is 24.1 Å². The number of aryl methyl sites for hydroxylation is 1. The molecule has 5 heterocycles. The van der Waals surface area contributed by atoms with Crippen LogP contribution in [0.25, 0.3) is 33.3 Å². The van der Waals surface area contributed by atoms with Crippen LogP contribution in [0.1, 0.15) is 90.2 Å². The molecular weight excluding hydrogens is 858 g/mol. The number of rotatable bonds is 9. The number of nitrogens with zero attached hydrogens (tertiary/aromatic N) is 4. The maximum absolute atomic E-state index is 14.6. The molecule has 2 saturated heterocycles. The van der Waals surface area contributed by atoms with Gasteiger partial charge >= 0.3 is 12.1 Å². The molecule has 0 aliphatic carbocycles. The van der Waals surface area contributed by atoms with Crippen LogP contribution in [0, 0.1) is 11.3 Å². The van der Waals surface area contributed by atoms with Crippen molar-refractivity contribution in [2.45, 2.75) is 129 Å². The van der Waals surface area contributed by atoms with E-state index in [-0.39, 0.29) is 44.3 Å². The van der Waals surface area contributed by atoms with Crippen LogP contribution < -0.4 is 10.7 Å². The zero-order valence-corrected chi connectivity index (χ0v) is 38.8. The number of cyclic esters (lactones) is 1. The maximum Gasteiger partial charge on any atom is 0.414 e. The Morgan fingerprint density at radius 2 is 1.83 bits per heavy atom. The fraction of sp³-hybridized carbons (Fsp3) is 0.531. The number of nitrogens with one attached hydrogen (secondary N) is 2. The monoisotopic (exact) mass is 918 g/mol. The summed E-state index contributed by atoms with van der Waals surface area (Å²) in [7, 11) is 2.99. The second-order valence-corrected chi connectivity index (χ2v) is 18.9. The molecule has 2 aromatic carbocycles. The van der Waals surface area contributed by atoms with E-state index in [9.17, 15) is 37.5 Å². The first kappa shape index (κ1) is 48.4. The van der Waals surface area contributed by atoms with Gasteiger partial charge in [0.1, 0.15) is 30.0 Å². The lowest BCUT2D eigenvalue weighted by Crippen LogP contribution is -2.62. The molecule has 2 aromatic heterocycles. The van der Waals surface area contributed by atoms with Crippen molar-refractivity contribution in [3.05, 3.63) is 71.5 Å². The molecule has 6 atom stereocenters. The second-order valence-electron chi connectivity index (χ2n) is 18.9. The van der Waals surface area contributed by atoms with Gasteiger partial charge in [0.2, 0.25) is 5.91 Å². The van der Waals surface area contributed by atoms with Gasteiger partial charge in [0, 0.05) is 61.7 Å². The third-order valence-corrected chi connectivity index (χ3v) is 13.0. The van der Waals surface area contributed by atoms with Crippen LogP contribution in [-0.4, -0.2) is 112 Å². The summed E-state index contributed by atoms with van der Waals surface area (Å²) in [5.74, 6) is -3.22. The highest BCUT2D eigenvalue weighted by Crippen LogP contribution is 2.42. The van der Waals surface area contributed by atoms with Crippen molar-refractivity contribution in [2.24, 2.45) is 11.3 Å². The summed E-state index contributed by atoms with van der Waals surface area (Å²) >= 11 is 0. The summed E-state index contributed by atoms with van der Waals surface area (Å²) < 4.78 is 59.6. The lowest BCUT2D eigenvalue weighted by molar-refractivity contribution is -0.216. The molecule has 356 valence electrons. The van der Waals surface area contributed by atoms with Crippen molar-refractivity contribution >= 4 is 34.6 Å². The number of phenolic OH excluding ortho intramolecular Hbond substituents is 1. The fourth-order valence-electron chi connectivity index (χ4n) is 9.67. The Bertz CT molecular complexity index is 2470. The molecule has 6 bridgehead atoms. The lowest BCUT2D eigenvalue weighted by atomic mass is 9.84. The zero-order valence-electron chi connectivity index (χ0n) is 38.8. The third-order valence-electron chi connectivity index (χ3n) is 13.0. The number of likely N-dealkylation sites (N-methyl/N-ethyl adjacent to an activating group) is 1. The van der Waals surface area contributed by atoms with Crippen molar-refractivity contribution < 1.29 is 51.7 Å². The van der Waals surface area contributed by atoms with E-state index in [1.54, 1.807) is 33.2 Å². The Balaban J connectivity index is 1.31. The molecule has 0 saturated carbocycles. The maximum atomic E-state index is 14.6. The molecule has 14 nitrogen and oxygen atoms in total. The van der Waals surface area contributed by atoms with Crippen LogP contribution >= 0.6 is 0 Å². The van der Waals surface area contributed by atoms with E-state index in [0.29, 0.717) is 36.9 Å². The summed E-state index contributed by atoms with van der Waals surface area (Å²) in [5, 5.41) is 16.4. The van der Waals surface area contributed by atoms with Crippen molar-refractivity contribution in [2.75, 3.05) is 27.3 Å². The van der Waals surface area contributed by atoms with Crippen LogP contribution in [0.15, 0.2) is 54.7 Å². The number of fused-ring (bicyclic) bond motifs is 6. The van der Waals surface area contributed by atoms with Crippen molar-refractivity contribution in [3.63, 3.8) is 0 Å². The van der Waals surface area contributed by atoms with Crippen LogP contribution in [0.4, 0.5) is 13.2 Å². The minimum atomic E-state index is -4.64. The molecule has 3 amide bonds. The number of aromatic nitrogens is 2. The summed E-state index contributed by atoms with van der Waals surface area (Å²) in [6.07, 6.45) is -6.00. The first-order chi connectivity index (χ1) is 31.2. The van der Waals surface area contributed by atoms with E-state index >= 15 is 0 Å². The predicted octanol–water partition coefficient (Wildman–Crippen LogP) is 7.04. The summed E-state index contributed by atoms with van der Waals surface area (Å²) in [6.45, 7) is 12.4. The Kier molecular flexibility index (Phi) is 14.2. The number of carbonyl (C=O) groups is 4. The number of hydrogen-bond donors (Lipinski definition) is 3. The van der Waals surface area contributed by atoms with Crippen molar-refractivity contribution in [1.29, 1.82) is 0 Å². The summed E-state index contributed by atoms with van der Waals surface area (Å²) in [5.41, 5.74) is 9.05. The Morgan fingerprint density at radius 1 is 1.08 bits per heavy atom. The van der Waals surface area contributed by atoms with Crippen molar-refractivity contribution in [1.82, 2.24) is 30.2 Å². The number of carbonyl (C=O) groups excluding carboxylic acids is 4. The molecule has 17 heteroatoms. The fourth-order valence-corrected chi connectivity index (χ4v) is 9.67. The summed E-state index contributed by atoms with van der Waals surface area (Å²) in [4.78, 5) is 62.3. The number of halogens is 3. The number of amides is 3. The number of benzene rings is 2. The molecule has 2 fully saturated rings. The zero-order chi connectivity index (χ0) is 47.8. The lowest BCUT2D eigenvalue weighted by Gasteiger charge is -2.37. The molecule has 0 spiro atoms. The van der Waals surface area contributed by atoms with Crippen molar-refractivity contribution in [3.8, 4) is 28.1 Å². The molecule has 3 aliphatic rings. The largest absolute Gasteiger partial charge is 0.508 e. The van der Waals surface area contributed by atoms with Crippen LogP contribution in [-0.2, 0) is 52.8 Å². The molecule has 3 aliphatic heterocycles. The number of hydrogen-bond acceptors (Lipinski definition) is 10. The first-order valence-corrected chi connectivity index (χ1v) is 22.7. The Morgan fingerprint density at radius 3 is 2.52 bits per heavy atom. The Labute approximate surface area is 383 Å². The molecule has 2 unspecified atom stereocenters. The first-order valence-electron chi connectivity index (χ1n) is 22.7. The number of ether oxygens (including phenoxy) is 3. The van der Waals surface area contributed by atoms with E-state index in [1.807, 2.05) is 51.1 Å². The second kappa shape index (κ2) is 19.4. The van der Waals surface area contributed by atoms with Gasteiger partial charge in [-0.15, -0.1) is 0 Å². The molecule has 4 aromatic rings. The standard InChI is InChI=1S/C49H61F3N6O8/c1-9-57-38-15-14-30-24-34(38)35(43(57)33-12-10-18-53-41(33)28(4)64-8)25-48(5,6)26-65-47(63)36-13-11-19-58(55-36)45(61)37(22-29-20-31(30)23-32(59)21-29)54-44(60)42(27(2)3)56(7)46(62)39-16-17-40(66-39)49(50,51)52/h10,12,14-15,18,20-21,23-24,27-28,36-37,39-40,42,55,59H,9,11,13,16-17,19,22,25-26H2,1-8H3,(H,54,60)/t28-,36-,37-,39?,40?,42-/m0/s1. The van der Waals surface area contributed by atoms with Gasteiger partial charge in [-0.05, 0) is 111 Å². The minimum absolute atomic E-state index is 0.0600. The third kappa shape index (κ3) is 10.1. The van der Waals surface area contributed by atoms with E-state index in [4.69, 9.17) is 19.2 Å². The number of hydrazine groups is 1.